The van der Waals surface area contributed by atoms with Gasteiger partial charge in [0.25, 0.3) is 0 Å². The molecular formula is C25H33Cl2N3O3. The molecule has 0 saturated carbocycles. The summed E-state index contributed by atoms with van der Waals surface area (Å²) in [6.45, 7) is 10.0. The van der Waals surface area contributed by atoms with Gasteiger partial charge in [0.15, 0.2) is 0 Å². The lowest BCUT2D eigenvalue weighted by Gasteiger charge is -2.31. The third kappa shape index (κ3) is 7.91. The van der Waals surface area contributed by atoms with Crippen molar-refractivity contribution < 1.29 is 14.7 Å². The van der Waals surface area contributed by atoms with Crippen LogP contribution in [0.4, 0.5) is 10.5 Å². The van der Waals surface area contributed by atoms with Crippen molar-refractivity contribution in [3.8, 4) is 0 Å². The standard InChI is InChI=1S/C25H33Cl2N3O3/c1-6-16(2)30(15-22(31)18-9-12-20(26)21(27)13-18)24(33)29-19-10-7-17(8-11-19)14-28-23(32)25(3,4)5/h7-13,16,22,31H,6,14-15H2,1-5H3,(H,28,32)(H,29,33)/t16-,22-/m1/s1. The Bertz CT molecular complexity index is 958. The Kier molecular flexibility index (Phi) is 9.58. The van der Waals surface area contributed by atoms with Gasteiger partial charge in [0.1, 0.15) is 0 Å². The summed E-state index contributed by atoms with van der Waals surface area (Å²) in [7, 11) is 0. The molecule has 0 heterocycles. The van der Waals surface area contributed by atoms with Crippen LogP contribution in [0.1, 0.15) is 58.3 Å². The Labute approximate surface area is 206 Å². The number of anilines is 1. The van der Waals surface area contributed by atoms with Crippen LogP contribution >= 0.6 is 23.2 Å². The number of benzene rings is 2. The van der Waals surface area contributed by atoms with E-state index in [0.717, 1.165) is 12.0 Å². The smallest absolute Gasteiger partial charge is 0.322 e. The molecule has 0 aliphatic heterocycles. The van der Waals surface area contributed by atoms with Crippen molar-refractivity contribution in [2.75, 3.05) is 11.9 Å². The van der Waals surface area contributed by atoms with Gasteiger partial charge in [-0.25, -0.2) is 4.79 Å². The van der Waals surface area contributed by atoms with Gasteiger partial charge in [0.05, 0.1) is 22.7 Å². The third-order valence-electron chi connectivity index (χ3n) is 5.42. The van der Waals surface area contributed by atoms with Crippen LogP contribution in [0.3, 0.4) is 0 Å². The number of nitrogens with zero attached hydrogens (tertiary/aromatic N) is 1. The number of hydrogen-bond acceptors (Lipinski definition) is 3. The van der Waals surface area contributed by atoms with E-state index < -0.39 is 11.5 Å². The number of nitrogens with one attached hydrogen (secondary N) is 2. The molecule has 0 aromatic heterocycles. The van der Waals surface area contributed by atoms with Gasteiger partial charge < -0.3 is 20.6 Å². The van der Waals surface area contributed by atoms with Crippen LogP contribution in [0.2, 0.25) is 10.0 Å². The van der Waals surface area contributed by atoms with Gasteiger partial charge in [-0.15, -0.1) is 0 Å². The molecule has 180 valence electrons. The maximum Gasteiger partial charge on any atom is 0.322 e. The summed E-state index contributed by atoms with van der Waals surface area (Å²) in [6, 6.07) is 11.8. The first-order valence-corrected chi connectivity index (χ1v) is 11.8. The number of carbonyl (C=O) groups excluding carboxylic acids is 2. The lowest BCUT2D eigenvalue weighted by Crippen LogP contribution is -2.43. The van der Waals surface area contributed by atoms with Gasteiger partial charge in [-0.1, -0.05) is 69.1 Å². The van der Waals surface area contributed by atoms with Crippen LogP contribution in [-0.2, 0) is 11.3 Å². The normalized spacial score (nSPS) is 13.2. The van der Waals surface area contributed by atoms with Crippen molar-refractivity contribution >= 4 is 40.8 Å². The van der Waals surface area contributed by atoms with E-state index in [1.807, 2.05) is 46.8 Å². The molecule has 3 amide bonds. The van der Waals surface area contributed by atoms with E-state index in [1.54, 1.807) is 35.2 Å². The lowest BCUT2D eigenvalue weighted by molar-refractivity contribution is -0.128. The third-order valence-corrected chi connectivity index (χ3v) is 6.16. The van der Waals surface area contributed by atoms with Gasteiger partial charge in [0.2, 0.25) is 5.91 Å². The van der Waals surface area contributed by atoms with Crippen molar-refractivity contribution in [3.05, 3.63) is 63.6 Å². The van der Waals surface area contributed by atoms with Gasteiger partial charge >= 0.3 is 6.03 Å². The molecule has 0 aliphatic rings. The van der Waals surface area contributed by atoms with Crippen molar-refractivity contribution in [1.29, 1.82) is 0 Å². The second kappa shape index (κ2) is 11.7. The van der Waals surface area contributed by atoms with E-state index in [9.17, 15) is 14.7 Å². The molecule has 0 unspecified atom stereocenters. The molecule has 2 aromatic carbocycles. The minimum Gasteiger partial charge on any atom is -0.387 e. The number of aliphatic hydroxyl groups is 1. The zero-order valence-corrected chi connectivity index (χ0v) is 21.3. The van der Waals surface area contributed by atoms with Crippen LogP contribution in [-0.4, -0.2) is 34.5 Å². The number of urea groups is 1. The van der Waals surface area contributed by atoms with E-state index in [1.165, 1.54) is 0 Å². The van der Waals surface area contributed by atoms with Crippen LogP contribution < -0.4 is 10.6 Å². The summed E-state index contributed by atoms with van der Waals surface area (Å²) in [5.41, 5.74) is 1.70. The second-order valence-corrected chi connectivity index (χ2v) is 9.97. The fourth-order valence-electron chi connectivity index (χ4n) is 3.04. The van der Waals surface area contributed by atoms with Crippen molar-refractivity contribution in [1.82, 2.24) is 10.2 Å². The molecule has 6 nitrogen and oxygen atoms in total. The zero-order chi connectivity index (χ0) is 24.8. The first-order chi connectivity index (χ1) is 15.4. The average molecular weight is 494 g/mol. The van der Waals surface area contributed by atoms with Crippen LogP contribution in [0.15, 0.2) is 42.5 Å². The number of hydrogen-bond donors (Lipinski definition) is 3. The van der Waals surface area contributed by atoms with Gasteiger partial charge in [-0.05, 0) is 48.7 Å². The fraction of sp³-hybridized carbons (Fsp3) is 0.440. The van der Waals surface area contributed by atoms with E-state index in [-0.39, 0.29) is 24.5 Å². The maximum atomic E-state index is 13.0. The first-order valence-electron chi connectivity index (χ1n) is 11.0. The predicted molar refractivity (Wildman–Crippen MR) is 135 cm³/mol. The molecule has 0 saturated heterocycles. The quantitative estimate of drug-likeness (QED) is 0.420. The molecule has 0 spiro atoms. The largest absolute Gasteiger partial charge is 0.387 e. The molecular weight excluding hydrogens is 461 g/mol. The number of halogens is 2. The number of rotatable bonds is 8. The minimum atomic E-state index is -0.909. The topological polar surface area (TPSA) is 81.7 Å². The monoisotopic (exact) mass is 493 g/mol. The van der Waals surface area contributed by atoms with Crippen molar-refractivity contribution in [2.45, 2.75) is 59.7 Å². The fourth-order valence-corrected chi connectivity index (χ4v) is 3.35. The summed E-state index contributed by atoms with van der Waals surface area (Å²) in [5.74, 6) is -0.0235. The molecule has 0 fully saturated rings. The molecule has 8 heteroatoms. The molecule has 0 aliphatic carbocycles. The Morgan fingerprint density at radius 3 is 2.24 bits per heavy atom. The van der Waals surface area contributed by atoms with Crippen LogP contribution in [0, 0.1) is 5.41 Å². The Hall–Kier alpha value is -2.28. The Morgan fingerprint density at radius 1 is 1.06 bits per heavy atom. The maximum absolute atomic E-state index is 13.0. The highest BCUT2D eigenvalue weighted by atomic mass is 35.5. The van der Waals surface area contributed by atoms with E-state index >= 15 is 0 Å². The number of amides is 3. The number of carbonyl (C=O) groups is 2. The molecule has 2 atom stereocenters. The summed E-state index contributed by atoms with van der Waals surface area (Å²) >= 11 is 12.0. The molecule has 2 rings (SSSR count). The Balaban J connectivity index is 2.04. The first kappa shape index (κ1) is 27.0. The molecule has 33 heavy (non-hydrogen) atoms. The van der Waals surface area contributed by atoms with Crippen LogP contribution in [0.5, 0.6) is 0 Å². The zero-order valence-electron chi connectivity index (χ0n) is 19.8. The predicted octanol–water partition coefficient (Wildman–Crippen LogP) is 6.02. The molecule has 3 N–H and O–H groups in total. The lowest BCUT2D eigenvalue weighted by atomic mass is 9.95. The highest BCUT2D eigenvalue weighted by Crippen LogP contribution is 2.27. The van der Waals surface area contributed by atoms with Gasteiger partial charge in [-0.2, -0.15) is 0 Å². The highest BCUT2D eigenvalue weighted by Gasteiger charge is 2.24. The van der Waals surface area contributed by atoms with Gasteiger partial charge in [0, 0.05) is 23.7 Å². The van der Waals surface area contributed by atoms with Crippen LogP contribution in [0.25, 0.3) is 0 Å². The highest BCUT2D eigenvalue weighted by molar-refractivity contribution is 6.42. The summed E-state index contributed by atoms with van der Waals surface area (Å²) in [5, 5.41) is 17.3. The van der Waals surface area contributed by atoms with Crippen molar-refractivity contribution in [3.63, 3.8) is 0 Å². The van der Waals surface area contributed by atoms with Gasteiger partial charge in [-0.3, -0.25) is 4.79 Å². The average Bonchev–Trinajstić information content (AvgIpc) is 2.77. The molecule has 2 aromatic rings. The van der Waals surface area contributed by atoms with E-state index in [4.69, 9.17) is 23.2 Å². The molecule has 0 bridgehead atoms. The second-order valence-electron chi connectivity index (χ2n) is 9.16. The number of aliphatic hydroxyl groups excluding tert-OH is 1. The van der Waals surface area contributed by atoms with Crippen molar-refractivity contribution in [2.24, 2.45) is 5.41 Å². The van der Waals surface area contributed by atoms with E-state index in [0.29, 0.717) is 27.8 Å². The SMILES string of the molecule is CC[C@@H](C)N(C[C@@H](O)c1ccc(Cl)c(Cl)c1)C(=O)Nc1ccc(CNC(=O)C(C)(C)C)cc1. The molecule has 0 radical (unpaired) electrons. The Morgan fingerprint density at radius 2 is 1.70 bits per heavy atom. The van der Waals surface area contributed by atoms with E-state index in [2.05, 4.69) is 10.6 Å². The summed E-state index contributed by atoms with van der Waals surface area (Å²) in [4.78, 5) is 26.6. The summed E-state index contributed by atoms with van der Waals surface area (Å²) < 4.78 is 0. The summed E-state index contributed by atoms with van der Waals surface area (Å²) in [6.07, 6.45) is -0.179. The minimum absolute atomic E-state index is 0.0235.